The van der Waals surface area contributed by atoms with Crippen LogP contribution in [0.3, 0.4) is 0 Å². The molecular weight excluding hydrogens is 193 g/mol. The summed E-state index contributed by atoms with van der Waals surface area (Å²) in [4.78, 5) is 3.50. The molecule has 0 spiro atoms. The molecule has 1 heterocycles. The summed E-state index contributed by atoms with van der Waals surface area (Å²) in [5.74, 6) is 3.97. The van der Waals surface area contributed by atoms with Crippen molar-refractivity contribution in [2.75, 3.05) is 0 Å². The van der Waals surface area contributed by atoms with E-state index in [2.05, 4.69) is 10.9 Å². The lowest BCUT2D eigenvalue weighted by atomic mass is 10.1. The van der Waals surface area contributed by atoms with Gasteiger partial charge < -0.3 is 0 Å². The molecule has 1 aromatic rings. The minimum Gasteiger partial charge on any atom is -0.263 e. The van der Waals surface area contributed by atoms with Crippen molar-refractivity contribution in [3.8, 4) is 17.9 Å². The molecule has 0 aliphatic heterocycles. The minimum atomic E-state index is -4.47. The number of aromatic nitrogens is 1. The predicted molar refractivity (Wildman–Crippen MR) is 41.7 cm³/mol. The molecule has 0 bridgehead atoms. The van der Waals surface area contributed by atoms with Gasteiger partial charge in [0.1, 0.15) is 0 Å². The summed E-state index contributed by atoms with van der Waals surface area (Å²) in [6, 6.07) is 2.26. The molecule has 1 rings (SSSR count). The van der Waals surface area contributed by atoms with Gasteiger partial charge >= 0.3 is 6.18 Å². The average Bonchev–Trinajstić information content (AvgIpc) is 2.14. The first kappa shape index (κ1) is 10.1. The molecule has 0 atom stereocenters. The van der Waals surface area contributed by atoms with Gasteiger partial charge in [0.2, 0.25) is 0 Å². The molecular formula is C9H3F3N2. The molecule has 0 N–H and O–H groups in total. The van der Waals surface area contributed by atoms with Crippen LogP contribution in [0.5, 0.6) is 0 Å². The number of pyridine rings is 1. The highest BCUT2D eigenvalue weighted by atomic mass is 19.4. The Balaban J connectivity index is 3.25. The summed E-state index contributed by atoms with van der Waals surface area (Å²) < 4.78 is 36.9. The van der Waals surface area contributed by atoms with E-state index in [0.717, 1.165) is 18.5 Å². The molecule has 2 nitrogen and oxygen atoms in total. The maximum Gasteiger partial charge on any atom is 0.417 e. The Bertz CT molecular complexity index is 432. The van der Waals surface area contributed by atoms with Crippen molar-refractivity contribution in [3.05, 3.63) is 29.6 Å². The molecule has 0 aliphatic carbocycles. The largest absolute Gasteiger partial charge is 0.417 e. The third kappa shape index (κ3) is 2.24. The van der Waals surface area contributed by atoms with Crippen molar-refractivity contribution in [2.45, 2.75) is 6.18 Å². The molecule has 14 heavy (non-hydrogen) atoms. The monoisotopic (exact) mass is 196 g/mol. The summed E-state index contributed by atoms with van der Waals surface area (Å²) in [5, 5.41) is 8.10. The molecule has 0 saturated heterocycles. The third-order valence-electron chi connectivity index (χ3n) is 1.38. The van der Waals surface area contributed by atoms with E-state index in [4.69, 9.17) is 5.26 Å². The van der Waals surface area contributed by atoms with Gasteiger partial charge in [0.05, 0.1) is 11.1 Å². The number of hydrogen-bond donors (Lipinski definition) is 0. The van der Waals surface area contributed by atoms with Crippen LogP contribution in [0, 0.1) is 23.2 Å². The molecule has 0 unspecified atom stereocenters. The van der Waals surface area contributed by atoms with E-state index in [9.17, 15) is 13.2 Å². The van der Waals surface area contributed by atoms with Crippen LogP contribution in [-0.2, 0) is 6.18 Å². The maximum absolute atomic E-state index is 12.3. The molecule has 5 heteroatoms. The Hall–Kier alpha value is -2.01. The smallest absolute Gasteiger partial charge is 0.263 e. The fourth-order valence-electron chi connectivity index (χ4n) is 0.837. The molecule has 0 saturated carbocycles. The van der Waals surface area contributed by atoms with Gasteiger partial charge in [0.25, 0.3) is 0 Å². The van der Waals surface area contributed by atoms with Crippen LogP contribution in [0.1, 0.15) is 11.1 Å². The Labute approximate surface area is 78.0 Å². The van der Waals surface area contributed by atoms with E-state index in [1.165, 1.54) is 6.07 Å². The Morgan fingerprint density at radius 3 is 2.64 bits per heavy atom. The van der Waals surface area contributed by atoms with Crippen LogP contribution >= 0.6 is 0 Å². The number of rotatable bonds is 0. The van der Waals surface area contributed by atoms with E-state index in [1.54, 1.807) is 0 Å². The van der Waals surface area contributed by atoms with E-state index >= 15 is 0 Å². The minimum absolute atomic E-state index is 0.290. The van der Waals surface area contributed by atoms with Crippen LogP contribution in [0.4, 0.5) is 13.2 Å². The van der Waals surface area contributed by atoms with E-state index < -0.39 is 11.7 Å². The molecule has 0 aromatic carbocycles. The molecule has 0 amide bonds. The van der Waals surface area contributed by atoms with Crippen molar-refractivity contribution >= 4 is 0 Å². The fourth-order valence-corrected chi connectivity index (χ4v) is 0.837. The fraction of sp³-hybridized carbons (Fsp3) is 0.111. The van der Waals surface area contributed by atoms with Crippen molar-refractivity contribution in [2.24, 2.45) is 0 Å². The molecule has 0 radical (unpaired) electrons. The summed E-state index contributed by atoms with van der Waals surface area (Å²) in [7, 11) is 0. The van der Waals surface area contributed by atoms with Crippen molar-refractivity contribution in [1.29, 1.82) is 5.26 Å². The number of halogens is 3. The average molecular weight is 196 g/mol. The molecule has 0 fully saturated rings. The first-order chi connectivity index (χ1) is 6.55. The third-order valence-corrected chi connectivity index (χ3v) is 1.38. The van der Waals surface area contributed by atoms with Crippen LogP contribution in [0.25, 0.3) is 0 Å². The lowest BCUT2D eigenvalue weighted by Gasteiger charge is -2.07. The van der Waals surface area contributed by atoms with Crippen molar-refractivity contribution in [3.63, 3.8) is 0 Å². The van der Waals surface area contributed by atoms with E-state index in [-0.39, 0.29) is 5.56 Å². The lowest BCUT2D eigenvalue weighted by molar-refractivity contribution is -0.137. The second-order valence-electron chi connectivity index (χ2n) is 2.28. The molecule has 70 valence electrons. The lowest BCUT2D eigenvalue weighted by Crippen LogP contribution is -2.07. The number of nitriles is 1. The quantitative estimate of drug-likeness (QED) is 0.595. The number of alkyl halides is 3. The summed E-state index contributed by atoms with van der Waals surface area (Å²) >= 11 is 0. The van der Waals surface area contributed by atoms with Gasteiger partial charge in [0.15, 0.2) is 6.07 Å². The van der Waals surface area contributed by atoms with E-state index in [0.29, 0.717) is 0 Å². The zero-order valence-electron chi connectivity index (χ0n) is 6.76. The summed E-state index contributed by atoms with van der Waals surface area (Å²) in [5.41, 5.74) is -1.17. The van der Waals surface area contributed by atoms with Crippen LogP contribution in [-0.4, -0.2) is 4.98 Å². The SMILES string of the molecule is N#CC#Cc1cnccc1C(F)(F)F. The molecule has 0 aliphatic rings. The van der Waals surface area contributed by atoms with Gasteiger partial charge in [0, 0.05) is 18.3 Å². The highest BCUT2D eigenvalue weighted by Gasteiger charge is 2.32. The maximum atomic E-state index is 12.3. The first-order valence-electron chi connectivity index (χ1n) is 3.47. The Morgan fingerprint density at radius 1 is 1.36 bits per heavy atom. The number of nitrogens with zero attached hydrogens (tertiary/aromatic N) is 2. The summed E-state index contributed by atoms with van der Waals surface area (Å²) in [6.45, 7) is 0. The van der Waals surface area contributed by atoms with Gasteiger partial charge in [-0.05, 0) is 12.0 Å². The molecule has 1 aromatic heterocycles. The standard InChI is InChI=1S/C9H3F3N2/c10-9(11,12)8-3-5-14-6-7(8)2-1-4-13/h3,5-6H. The van der Waals surface area contributed by atoms with Crippen molar-refractivity contribution < 1.29 is 13.2 Å². The van der Waals surface area contributed by atoms with Gasteiger partial charge in [-0.2, -0.15) is 18.4 Å². The van der Waals surface area contributed by atoms with E-state index in [1.807, 2.05) is 5.92 Å². The topological polar surface area (TPSA) is 36.7 Å². The van der Waals surface area contributed by atoms with Crippen LogP contribution in [0.2, 0.25) is 0 Å². The van der Waals surface area contributed by atoms with Gasteiger partial charge in [-0.1, -0.05) is 0 Å². The van der Waals surface area contributed by atoms with Gasteiger partial charge in [-0.25, -0.2) is 0 Å². The van der Waals surface area contributed by atoms with Crippen molar-refractivity contribution in [1.82, 2.24) is 4.98 Å². The second kappa shape index (κ2) is 3.80. The highest BCUT2D eigenvalue weighted by molar-refractivity contribution is 5.42. The first-order valence-corrected chi connectivity index (χ1v) is 3.47. The van der Waals surface area contributed by atoms with Gasteiger partial charge in [-0.3, -0.25) is 4.98 Å². The van der Waals surface area contributed by atoms with Crippen LogP contribution < -0.4 is 0 Å². The second-order valence-corrected chi connectivity index (χ2v) is 2.28. The zero-order valence-corrected chi connectivity index (χ0v) is 6.76. The van der Waals surface area contributed by atoms with Gasteiger partial charge in [-0.15, -0.1) is 0 Å². The summed E-state index contributed by atoms with van der Waals surface area (Å²) in [6.07, 6.45) is -2.46. The number of hydrogen-bond acceptors (Lipinski definition) is 2. The predicted octanol–water partition coefficient (Wildman–Crippen LogP) is 1.98. The highest BCUT2D eigenvalue weighted by Crippen LogP contribution is 2.30. The Morgan fingerprint density at radius 2 is 2.07 bits per heavy atom. The normalized spacial score (nSPS) is 9.86. The zero-order chi connectivity index (χ0) is 10.6. The van der Waals surface area contributed by atoms with Crippen LogP contribution in [0.15, 0.2) is 18.5 Å². The Kier molecular flexibility index (Phi) is 2.73.